The number of rotatable bonds is 7. The second-order valence-corrected chi connectivity index (χ2v) is 5.83. The molecule has 1 atom stereocenters. The van der Waals surface area contributed by atoms with Crippen molar-refractivity contribution < 1.29 is 0 Å². The predicted octanol–water partition coefficient (Wildman–Crippen LogP) is 4.24. The molecule has 0 radical (unpaired) electrons. The molecular formula is C14H25NS. The van der Waals surface area contributed by atoms with Crippen molar-refractivity contribution in [1.29, 1.82) is 0 Å². The molecule has 0 aliphatic carbocycles. The van der Waals surface area contributed by atoms with E-state index in [4.69, 9.17) is 0 Å². The second-order valence-electron chi connectivity index (χ2n) is 4.80. The molecule has 0 saturated carbocycles. The molecule has 1 heterocycles. The Bertz CT molecular complexity index is 275. The van der Waals surface area contributed by atoms with Crippen LogP contribution in [0.5, 0.6) is 0 Å². The van der Waals surface area contributed by atoms with Crippen LogP contribution in [-0.4, -0.2) is 11.6 Å². The second kappa shape index (κ2) is 6.41. The van der Waals surface area contributed by atoms with Gasteiger partial charge in [0.15, 0.2) is 0 Å². The van der Waals surface area contributed by atoms with Crippen LogP contribution in [0.2, 0.25) is 0 Å². The molecule has 2 heteroatoms. The van der Waals surface area contributed by atoms with Crippen LogP contribution >= 0.6 is 11.3 Å². The van der Waals surface area contributed by atoms with Crippen LogP contribution in [0.4, 0.5) is 0 Å². The highest BCUT2D eigenvalue weighted by molar-refractivity contribution is 7.09. The third-order valence-electron chi connectivity index (χ3n) is 3.63. The van der Waals surface area contributed by atoms with Crippen LogP contribution in [0.15, 0.2) is 17.5 Å². The van der Waals surface area contributed by atoms with Crippen LogP contribution in [0.25, 0.3) is 0 Å². The Morgan fingerprint density at radius 3 is 2.44 bits per heavy atom. The summed E-state index contributed by atoms with van der Waals surface area (Å²) in [5.41, 5.74) is 0.304. The van der Waals surface area contributed by atoms with Gasteiger partial charge in [-0.05, 0) is 44.1 Å². The molecule has 1 nitrogen and oxygen atoms in total. The summed E-state index contributed by atoms with van der Waals surface area (Å²) in [5.74, 6) is 0. The van der Waals surface area contributed by atoms with E-state index in [1.54, 1.807) is 0 Å². The molecule has 0 fully saturated rings. The highest BCUT2D eigenvalue weighted by atomic mass is 32.1. The Morgan fingerprint density at radius 2 is 2.00 bits per heavy atom. The summed E-state index contributed by atoms with van der Waals surface area (Å²) in [7, 11) is 0. The van der Waals surface area contributed by atoms with Gasteiger partial charge in [-0.15, -0.1) is 11.3 Å². The molecule has 92 valence electrons. The van der Waals surface area contributed by atoms with Gasteiger partial charge in [0.1, 0.15) is 0 Å². The maximum Gasteiger partial charge on any atom is 0.0150 e. The summed E-state index contributed by atoms with van der Waals surface area (Å²) in [6.07, 6.45) is 4.77. The Morgan fingerprint density at radius 1 is 1.31 bits per heavy atom. The van der Waals surface area contributed by atoms with E-state index in [1.165, 1.54) is 30.6 Å². The van der Waals surface area contributed by atoms with Gasteiger partial charge in [0, 0.05) is 16.5 Å². The van der Waals surface area contributed by atoms with E-state index in [0.717, 1.165) is 0 Å². The van der Waals surface area contributed by atoms with Gasteiger partial charge in [-0.25, -0.2) is 0 Å². The molecule has 16 heavy (non-hydrogen) atoms. The van der Waals surface area contributed by atoms with Crippen LogP contribution in [0.1, 0.15) is 51.8 Å². The normalized spacial score (nSPS) is 14.0. The first-order valence-corrected chi connectivity index (χ1v) is 7.31. The summed E-state index contributed by atoms with van der Waals surface area (Å²) in [5, 5.41) is 5.99. The fourth-order valence-corrected chi connectivity index (χ4v) is 2.70. The highest BCUT2D eigenvalue weighted by Crippen LogP contribution is 2.18. The lowest BCUT2D eigenvalue weighted by Crippen LogP contribution is -2.47. The van der Waals surface area contributed by atoms with E-state index in [9.17, 15) is 0 Å². The van der Waals surface area contributed by atoms with Crippen molar-refractivity contribution in [1.82, 2.24) is 5.32 Å². The number of hydrogen-bond donors (Lipinski definition) is 1. The van der Waals surface area contributed by atoms with E-state index in [1.807, 2.05) is 11.3 Å². The lowest BCUT2D eigenvalue weighted by Gasteiger charge is -2.33. The van der Waals surface area contributed by atoms with E-state index in [-0.39, 0.29) is 0 Å². The summed E-state index contributed by atoms with van der Waals surface area (Å²) in [6.45, 7) is 9.16. The van der Waals surface area contributed by atoms with Crippen molar-refractivity contribution in [3.8, 4) is 0 Å². The molecule has 0 saturated heterocycles. The van der Waals surface area contributed by atoms with E-state index in [0.29, 0.717) is 11.6 Å². The van der Waals surface area contributed by atoms with Gasteiger partial charge in [0.2, 0.25) is 0 Å². The van der Waals surface area contributed by atoms with Gasteiger partial charge in [-0.1, -0.05) is 26.8 Å². The highest BCUT2D eigenvalue weighted by Gasteiger charge is 2.22. The van der Waals surface area contributed by atoms with Crippen molar-refractivity contribution >= 4 is 11.3 Å². The summed E-state index contributed by atoms with van der Waals surface area (Å²) < 4.78 is 0. The Hall–Kier alpha value is -0.340. The minimum Gasteiger partial charge on any atom is -0.308 e. The van der Waals surface area contributed by atoms with Gasteiger partial charge in [-0.2, -0.15) is 0 Å². The zero-order valence-electron chi connectivity index (χ0n) is 11.0. The molecule has 0 aromatic carbocycles. The zero-order chi connectivity index (χ0) is 12.0. The molecule has 1 rings (SSSR count). The first kappa shape index (κ1) is 13.7. The molecule has 1 unspecified atom stereocenters. The minimum absolute atomic E-state index is 0.304. The standard InChI is InChI=1S/C14H25NS/c1-5-12(11-13-9-8-10-16-13)15-14(4,6-2)7-3/h8-10,12,15H,5-7,11H2,1-4H3. The Labute approximate surface area is 104 Å². The molecule has 1 N–H and O–H groups in total. The van der Waals surface area contributed by atoms with Gasteiger partial charge in [-0.3, -0.25) is 0 Å². The van der Waals surface area contributed by atoms with Crippen molar-refractivity contribution in [2.24, 2.45) is 0 Å². The van der Waals surface area contributed by atoms with E-state index >= 15 is 0 Å². The summed E-state index contributed by atoms with van der Waals surface area (Å²) in [6, 6.07) is 5.00. The van der Waals surface area contributed by atoms with Crippen molar-refractivity contribution in [2.75, 3.05) is 0 Å². The Balaban J connectivity index is 2.55. The molecule has 0 spiro atoms. The monoisotopic (exact) mass is 239 g/mol. The van der Waals surface area contributed by atoms with Gasteiger partial charge in [0.05, 0.1) is 0 Å². The van der Waals surface area contributed by atoms with Crippen LogP contribution in [0, 0.1) is 0 Å². The van der Waals surface area contributed by atoms with Crippen molar-refractivity contribution in [3.05, 3.63) is 22.4 Å². The lowest BCUT2D eigenvalue weighted by molar-refractivity contribution is 0.283. The molecule has 0 amide bonds. The van der Waals surface area contributed by atoms with Crippen molar-refractivity contribution in [2.45, 2.75) is 65.0 Å². The lowest BCUT2D eigenvalue weighted by atomic mass is 9.93. The third-order valence-corrected chi connectivity index (χ3v) is 4.53. The molecular weight excluding hydrogens is 214 g/mol. The molecule has 1 aromatic heterocycles. The smallest absolute Gasteiger partial charge is 0.0150 e. The van der Waals surface area contributed by atoms with Gasteiger partial charge in [0.25, 0.3) is 0 Å². The first-order valence-electron chi connectivity index (χ1n) is 6.43. The van der Waals surface area contributed by atoms with Crippen molar-refractivity contribution in [3.63, 3.8) is 0 Å². The van der Waals surface area contributed by atoms with Gasteiger partial charge < -0.3 is 5.32 Å². The topological polar surface area (TPSA) is 12.0 Å². The number of nitrogens with one attached hydrogen (secondary N) is 1. The SMILES string of the molecule is CCC(Cc1cccs1)NC(C)(CC)CC. The fourth-order valence-electron chi connectivity index (χ4n) is 1.92. The van der Waals surface area contributed by atoms with Gasteiger partial charge >= 0.3 is 0 Å². The fraction of sp³-hybridized carbons (Fsp3) is 0.714. The molecule has 1 aromatic rings. The zero-order valence-corrected chi connectivity index (χ0v) is 11.9. The molecule has 0 bridgehead atoms. The van der Waals surface area contributed by atoms with Crippen LogP contribution < -0.4 is 5.32 Å². The largest absolute Gasteiger partial charge is 0.308 e. The average molecular weight is 239 g/mol. The minimum atomic E-state index is 0.304. The van der Waals surface area contributed by atoms with E-state index in [2.05, 4.69) is 50.5 Å². The first-order chi connectivity index (χ1) is 7.63. The molecule has 0 aliphatic rings. The third kappa shape index (κ3) is 3.91. The number of hydrogen-bond acceptors (Lipinski definition) is 2. The maximum atomic E-state index is 3.82. The van der Waals surface area contributed by atoms with E-state index < -0.39 is 0 Å². The average Bonchev–Trinajstić information content (AvgIpc) is 2.80. The molecule has 0 aliphatic heterocycles. The predicted molar refractivity (Wildman–Crippen MR) is 74.2 cm³/mol. The van der Waals surface area contributed by atoms with Crippen LogP contribution in [-0.2, 0) is 6.42 Å². The summed E-state index contributed by atoms with van der Waals surface area (Å²) in [4.78, 5) is 1.49. The Kier molecular flexibility index (Phi) is 5.50. The maximum absolute atomic E-state index is 3.82. The summed E-state index contributed by atoms with van der Waals surface area (Å²) >= 11 is 1.87. The number of thiophene rings is 1. The quantitative estimate of drug-likeness (QED) is 0.750. The van der Waals surface area contributed by atoms with Crippen LogP contribution in [0.3, 0.4) is 0 Å².